The molecule has 4 nitrogen and oxygen atoms in total. The quantitative estimate of drug-likeness (QED) is 0.465. The second-order valence-electron chi connectivity index (χ2n) is 2.92. The van der Waals surface area contributed by atoms with E-state index in [1.54, 1.807) is 0 Å². The topological polar surface area (TPSA) is 78.9 Å². The number of amides is 1. The Kier molecular flexibility index (Phi) is 7.22. The number of rotatable bonds is 6. The van der Waals surface area contributed by atoms with Gasteiger partial charge in [0.05, 0.1) is 12.1 Å². The van der Waals surface area contributed by atoms with Crippen LogP contribution in [0, 0.1) is 23.7 Å². The minimum absolute atomic E-state index is 0.222. The zero-order valence-corrected chi connectivity index (χ0v) is 8.12. The highest BCUT2D eigenvalue weighted by Gasteiger charge is 2.10. The van der Waals surface area contributed by atoms with Gasteiger partial charge < -0.3 is 11.1 Å². The second-order valence-corrected chi connectivity index (χ2v) is 2.92. The number of hydrogen-bond acceptors (Lipinski definition) is 3. The highest BCUT2D eigenvalue weighted by molar-refractivity contribution is 5.81. The lowest BCUT2D eigenvalue weighted by molar-refractivity contribution is -0.122. The van der Waals surface area contributed by atoms with Crippen LogP contribution in [0.3, 0.4) is 0 Å². The average Bonchev–Trinajstić information content (AvgIpc) is 2.17. The van der Waals surface area contributed by atoms with Crippen LogP contribution in [0.15, 0.2) is 0 Å². The minimum Gasteiger partial charge on any atom is -0.355 e. The molecule has 0 aromatic heterocycles. The summed E-state index contributed by atoms with van der Waals surface area (Å²) in [6.45, 7) is 0.554. The first-order valence-corrected chi connectivity index (χ1v) is 4.56. The Hall–Kier alpha value is -1.52. The zero-order valence-electron chi connectivity index (χ0n) is 8.12. The molecule has 0 aromatic rings. The van der Waals surface area contributed by atoms with Gasteiger partial charge in [-0.3, -0.25) is 4.79 Å². The maximum Gasteiger partial charge on any atom is 0.237 e. The van der Waals surface area contributed by atoms with Crippen molar-refractivity contribution in [2.45, 2.75) is 31.7 Å². The highest BCUT2D eigenvalue weighted by atomic mass is 16.2. The molecule has 0 radical (unpaired) electrons. The van der Waals surface area contributed by atoms with Gasteiger partial charge in [-0.2, -0.15) is 5.26 Å². The third-order valence-electron chi connectivity index (χ3n) is 1.69. The summed E-state index contributed by atoms with van der Waals surface area (Å²) in [6, 6.07) is 1.42. The predicted octanol–water partition coefficient (Wildman–Crippen LogP) is 0.147. The van der Waals surface area contributed by atoms with Gasteiger partial charge in [-0.1, -0.05) is 0 Å². The van der Waals surface area contributed by atoms with Gasteiger partial charge in [-0.25, -0.2) is 0 Å². The van der Waals surface area contributed by atoms with Gasteiger partial charge in [0.1, 0.15) is 0 Å². The number of terminal acetylenes is 1. The molecule has 1 amide bonds. The molecule has 14 heavy (non-hydrogen) atoms. The molecule has 0 aliphatic heterocycles. The van der Waals surface area contributed by atoms with Crippen molar-refractivity contribution in [3.8, 4) is 18.4 Å². The molecular formula is C10H15N3O. The molecule has 0 rings (SSSR count). The zero-order chi connectivity index (χ0) is 10.8. The van der Waals surface area contributed by atoms with Crippen molar-refractivity contribution in [2.24, 2.45) is 5.73 Å². The van der Waals surface area contributed by atoms with Crippen molar-refractivity contribution in [1.29, 1.82) is 5.26 Å². The van der Waals surface area contributed by atoms with Gasteiger partial charge in [-0.15, -0.1) is 12.3 Å². The Labute approximate surface area is 84.5 Å². The summed E-state index contributed by atoms with van der Waals surface area (Å²) in [5, 5.41) is 10.9. The largest absolute Gasteiger partial charge is 0.355 e. The number of unbranched alkanes of at least 4 members (excludes halogenated alkanes) is 2. The number of nitrogens with zero attached hydrogens (tertiary/aromatic N) is 1. The van der Waals surface area contributed by atoms with Crippen LogP contribution in [-0.2, 0) is 4.79 Å². The van der Waals surface area contributed by atoms with Crippen LogP contribution in [0.4, 0.5) is 0 Å². The first-order valence-electron chi connectivity index (χ1n) is 4.56. The van der Waals surface area contributed by atoms with E-state index in [9.17, 15) is 4.79 Å². The van der Waals surface area contributed by atoms with Gasteiger partial charge in [0.15, 0.2) is 0 Å². The van der Waals surface area contributed by atoms with E-state index < -0.39 is 6.04 Å². The van der Waals surface area contributed by atoms with Crippen LogP contribution in [0.1, 0.15) is 25.7 Å². The lowest BCUT2D eigenvalue weighted by Crippen LogP contribution is -2.40. The standard InChI is InChI=1S/C10H15N3O/c1-2-6-9(12)10(14)13-8-5-3-4-7-11/h1,9H,3-6,8,12H2,(H,13,14). The number of nitrogens with two attached hydrogens (primary N) is 1. The van der Waals surface area contributed by atoms with Crippen molar-refractivity contribution < 1.29 is 4.79 Å². The smallest absolute Gasteiger partial charge is 0.237 e. The molecule has 0 saturated heterocycles. The molecule has 0 fully saturated rings. The number of carbonyl (C=O) groups excluding carboxylic acids is 1. The Morgan fingerprint density at radius 1 is 1.57 bits per heavy atom. The first kappa shape index (κ1) is 12.5. The van der Waals surface area contributed by atoms with Crippen LogP contribution in [0.2, 0.25) is 0 Å². The molecular weight excluding hydrogens is 178 g/mol. The van der Waals surface area contributed by atoms with Crippen LogP contribution in [-0.4, -0.2) is 18.5 Å². The molecule has 0 saturated carbocycles. The SMILES string of the molecule is C#CCC(N)C(=O)NCCCCC#N. The van der Waals surface area contributed by atoms with Crippen LogP contribution >= 0.6 is 0 Å². The van der Waals surface area contributed by atoms with Gasteiger partial charge in [0.25, 0.3) is 0 Å². The monoisotopic (exact) mass is 193 g/mol. The third kappa shape index (κ3) is 6.05. The number of nitrogens with one attached hydrogen (secondary N) is 1. The molecule has 0 aromatic carbocycles. The number of hydrogen-bond donors (Lipinski definition) is 2. The van der Waals surface area contributed by atoms with E-state index in [2.05, 4.69) is 11.2 Å². The molecule has 3 N–H and O–H groups in total. The molecule has 0 bridgehead atoms. The van der Waals surface area contributed by atoms with Crippen LogP contribution < -0.4 is 11.1 Å². The second kappa shape index (κ2) is 8.10. The van der Waals surface area contributed by atoms with Crippen molar-refractivity contribution in [1.82, 2.24) is 5.32 Å². The number of nitriles is 1. The Morgan fingerprint density at radius 3 is 2.86 bits per heavy atom. The van der Waals surface area contributed by atoms with Crippen molar-refractivity contribution >= 4 is 5.91 Å². The highest BCUT2D eigenvalue weighted by Crippen LogP contribution is 1.92. The summed E-state index contributed by atoms with van der Waals surface area (Å²) in [5.41, 5.74) is 5.46. The molecule has 1 atom stereocenters. The summed E-state index contributed by atoms with van der Waals surface area (Å²) >= 11 is 0. The Morgan fingerprint density at radius 2 is 2.29 bits per heavy atom. The fourth-order valence-corrected chi connectivity index (χ4v) is 0.891. The lowest BCUT2D eigenvalue weighted by atomic mass is 10.2. The fourth-order valence-electron chi connectivity index (χ4n) is 0.891. The van der Waals surface area contributed by atoms with E-state index in [1.165, 1.54) is 0 Å². The van der Waals surface area contributed by atoms with Gasteiger partial charge in [0.2, 0.25) is 5.91 Å². The van der Waals surface area contributed by atoms with Crippen molar-refractivity contribution in [2.75, 3.05) is 6.54 Å². The van der Waals surface area contributed by atoms with E-state index in [-0.39, 0.29) is 12.3 Å². The van der Waals surface area contributed by atoms with E-state index in [4.69, 9.17) is 17.4 Å². The summed E-state index contributed by atoms with van der Waals surface area (Å²) < 4.78 is 0. The molecule has 0 spiro atoms. The van der Waals surface area contributed by atoms with Crippen molar-refractivity contribution in [3.05, 3.63) is 0 Å². The van der Waals surface area contributed by atoms with Gasteiger partial charge in [-0.05, 0) is 12.8 Å². The van der Waals surface area contributed by atoms with E-state index in [0.29, 0.717) is 13.0 Å². The molecule has 1 unspecified atom stereocenters. The number of carbonyl (C=O) groups is 1. The Bertz CT molecular complexity index is 249. The predicted molar refractivity (Wildman–Crippen MR) is 53.9 cm³/mol. The third-order valence-corrected chi connectivity index (χ3v) is 1.69. The average molecular weight is 193 g/mol. The lowest BCUT2D eigenvalue weighted by Gasteiger charge is -2.08. The van der Waals surface area contributed by atoms with E-state index in [0.717, 1.165) is 12.8 Å². The Balaban J connectivity index is 3.46. The van der Waals surface area contributed by atoms with Crippen molar-refractivity contribution in [3.63, 3.8) is 0 Å². The normalized spacial score (nSPS) is 11.1. The van der Waals surface area contributed by atoms with Crippen LogP contribution in [0.25, 0.3) is 0 Å². The molecule has 4 heteroatoms. The van der Waals surface area contributed by atoms with Crippen LogP contribution in [0.5, 0.6) is 0 Å². The maximum absolute atomic E-state index is 11.2. The summed E-state index contributed by atoms with van der Waals surface area (Å²) in [5.74, 6) is 2.11. The summed E-state index contributed by atoms with van der Waals surface area (Å²) in [6.07, 6.45) is 7.38. The minimum atomic E-state index is -0.615. The molecule has 76 valence electrons. The maximum atomic E-state index is 11.2. The van der Waals surface area contributed by atoms with Gasteiger partial charge in [0, 0.05) is 19.4 Å². The summed E-state index contributed by atoms with van der Waals surface area (Å²) in [7, 11) is 0. The molecule has 0 aliphatic rings. The fraction of sp³-hybridized carbons (Fsp3) is 0.600. The van der Waals surface area contributed by atoms with Gasteiger partial charge >= 0.3 is 0 Å². The summed E-state index contributed by atoms with van der Waals surface area (Å²) in [4.78, 5) is 11.2. The van der Waals surface area contributed by atoms with E-state index in [1.807, 2.05) is 6.07 Å². The van der Waals surface area contributed by atoms with E-state index >= 15 is 0 Å². The molecule has 0 heterocycles. The first-order chi connectivity index (χ1) is 6.72. The molecule has 0 aliphatic carbocycles.